The molecular formula is C20H36O8Ti. The van der Waals surface area contributed by atoms with Gasteiger partial charge >= 0.3 is 66.5 Å². The first kappa shape index (κ1) is 32.6. The maximum atomic E-state index is 10.6. The summed E-state index contributed by atoms with van der Waals surface area (Å²) in [5.74, 6) is -3.02. The normalized spacial score (nSPS) is 9.66. The molecule has 0 aliphatic carbocycles. The van der Waals surface area contributed by atoms with Crippen LogP contribution in [0.4, 0.5) is 0 Å². The van der Waals surface area contributed by atoms with Crippen LogP contribution in [0.3, 0.4) is 0 Å². The Balaban J connectivity index is -0.000000350. The Labute approximate surface area is 184 Å². The number of Topliss-reactive ketones (excluding diaryl/α,β-unsaturated/α-hetero) is 2. The molecule has 0 atom stereocenters. The number of carboxylic acids is 2. The van der Waals surface area contributed by atoms with Crippen molar-refractivity contribution in [3.8, 4) is 0 Å². The first-order chi connectivity index (χ1) is 13.5. The van der Waals surface area contributed by atoms with Gasteiger partial charge in [0.15, 0.2) is 0 Å². The Hall–Kier alpha value is -1.09. The van der Waals surface area contributed by atoms with Gasteiger partial charge in [-0.25, -0.2) is 0 Å². The third-order valence-corrected chi connectivity index (χ3v) is 4.64. The number of carbonyl (C=O) groups excluding carboxylic acids is 4. The van der Waals surface area contributed by atoms with Gasteiger partial charge in [-0.05, 0) is 12.8 Å². The molecule has 0 N–H and O–H groups in total. The van der Waals surface area contributed by atoms with E-state index in [2.05, 4.69) is 0 Å². The van der Waals surface area contributed by atoms with Crippen LogP contribution in [-0.2, 0) is 45.7 Å². The summed E-state index contributed by atoms with van der Waals surface area (Å²) in [4.78, 5) is 40.9. The summed E-state index contributed by atoms with van der Waals surface area (Å²) >= 11 is -0.574. The number of aliphatic carboxylic acids is 2. The molecule has 29 heavy (non-hydrogen) atoms. The zero-order valence-electron chi connectivity index (χ0n) is 18.6. The fourth-order valence-corrected chi connectivity index (χ4v) is 2.15. The van der Waals surface area contributed by atoms with E-state index in [1.54, 1.807) is 0 Å². The van der Waals surface area contributed by atoms with Crippen LogP contribution >= 0.6 is 0 Å². The van der Waals surface area contributed by atoms with Crippen molar-refractivity contribution in [1.29, 1.82) is 0 Å². The van der Waals surface area contributed by atoms with Crippen LogP contribution in [-0.4, -0.2) is 35.7 Å². The van der Waals surface area contributed by atoms with Crippen molar-refractivity contribution in [1.82, 2.24) is 0 Å². The summed E-state index contributed by atoms with van der Waals surface area (Å²) in [5, 5.41) is 19.7. The van der Waals surface area contributed by atoms with Gasteiger partial charge in [-0.15, -0.1) is 0 Å². The van der Waals surface area contributed by atoms with Gasteiger partial charge < -0.3 is 19.8 Å². The molecular weight excluding hydrogens is 416 g/mol. The fraction of sp³-hybridized carbons (Fsp3) is 0.800. The largest absolute Gasteiger partial charge is 0.550 e. The molecule has 0 fully saturated rings. The maximum Gasteiger partial charge on any atom is 0.138 e. The van der Waals surface area contributed by atoms with Gasteiger partial charge in [0, 0.05) is 37.6 Å². The number of hydrogen-bond donors (Lipinski definition) is 0. The van der Waals surface area contributed by atoms with Crippen LogP contribution in [0.25, 0.3) is 0 Å². The Morgan fingerprint density at radius 3 is 1.24 bits per heavy atom. The van der Waals surface area contributed by atoms with Gasteiger partial charge in [-0.1, -0.05) is 26.7 Å². The van der Waals surface area contributed by atoms with E-state index >= 15 is 0 Å². The molecule has 0 aromatic heterocycles. The Morgan fingerprint density at radius 1 is 0.724 bits per heavy atom. The number of ketones is 2. The minimum absolute atomic E-state index is 0.234. The van der Waals surface area contributed by atoms with E-state index in [0.717, 1.165) is 25.7 Å². The van der Waals surface area contributed by atoms with Crippen LogP contribution in [0.2, 0.25) is 0 Å². The summed E-state index contributed by atoms with van der Waals surface area (Å²) in [5.41, 5.74) is 0. The molecule has 0 spiro atoms. The van der Waals surface area contributed by atoms with E-state index in [1.165, 1.54) is 0 Å². The van der Waals surface area contributed by atoms with E-state index in [1.807, 2.05) is 41.5 Å². The summed E-state index contributed by atoms with van der Waals surface area (Å²) in [6, 6.07) is 0. The molecule has 0 aliphatic rings. The zero-order valence-corrected chi connectivity index (χ0v) is 20.1. The second-order valence-corrected chi connectivity index (χ2v) is 7.79. The van der Waals surface area contributed by atoms with Crippen LogP contribution in [0.1, 0.15) is 92.9 Å². The molecule has 0 unspecified atom stereocenters. The molecule has 0 saturated carbocycles. The van der Waals surface area contributed by atoms with Crippen molar-refractivity contribution in [2.45, 2.75) is 105 Å². The number of hydrogen-bond acceptors (Lipinski definition) is 8. The van der Waals surface area contributed by atoms with Crippen LogP contribution in [0, 0.1) is 0 Å². The van der Waals surface area contributed by atoms with Crippen molar-refractivity contribution >= 4 is 23.5 Å². The third kappa shape index (κ3) is 38.2. The maximum absolute atomic E-state index is 10.6. The first-order valence-electron chi connectivity index (χ1n) is 9.95. The van der Waals surface area contributed by atoms with Crippen molar-refractivity contribution in [3.05, 3.63) is 0 Å². The van der Waals surface area contributed by atoms with Crippen molar-refractivity contribution in [3.63, 3.8) is 0 Å². The topological polar surface area (TPSA) is 133 Å². The minimum atomic E-state index is -1.28. The first-order valence-corrected chi connectivity index (χ1v) is 11.2. The smallest absolute Gasteiger partial charge is 0.138 e. The standard InChI is InChI=1S/2C7H12O3.2C3H7O.Ti/c2*1-2-3-4-6(8)5-7(9)10;2*1-3(2)4;/h2*2-5H2,1H3,(H,9,10);2*3H,1-2H3;/q;;2*-1;+4/p-2. The van der Waals surface area contributed by atoms with Crippen molar-refractivity contribution in [2.24, 2.45) is 0 Å². The number of carbonyl (C=O) groups is 4. The average molecular weight is 452 g/mol. The molecule has 0 aliphatic heterocycles. The van der Waals surface area contributed by atoms with Gasteiger partial charge in [0.2, 0.25) is 0 Å². The monoisotopic (exact) mass is 452 g/mol. The molecule has 0 aromatic rings. The van der Waals surface area contributed by atoms with Gasteiger partial charge in [-0.3, -0.25) is 9.59 Å². The predicted molar refractivity (Wildman–Crippen MR) is 101 cm³/mol. The van der Waals surface area contributed by atoms with Gasteiger partial charge in [0.05, 0.1) is 0 Å². The molecule has 0 aromatic carbocycles. The van der Waals surface area contributed by atoms with Crippen LogP contribution in [0.15, 0.2) is 0 Å². The number of rotatable bonds is 14. The summed E-state index contributed by atoms with van der Waals surface area (Å²) in [7, 11) is 0. The molecule has 0 radical (unpaired) electrons. The van der Waals surface area contributed by atoms with Crippen molar-refractivity contribution < 1.29 is 56.0 Å². The summed E-state index contributed by atoms with van der Waals surface area (Å²) in [6.07, 6.45) is 3.89. The van der Waals surface area contributed by atoms with Crippen LogP contribution in [0.5, 0.6) is 0 Å². The number of carboxylic acid groups (broad SMARTS) is 2. The van der Waals surface area contributed by atoms with Gasteiger partial charge in [0.1, 0.15) is 11.6 Å². The molecule has 0 rings (SSSR count). The predicted octanol–water partition coefficient (Wildman–Crippen LogP) is 1.52. The second-order valence-electron chi connectivity index (χ2n) is 6.80. The van der Waals surface area contributed by atoms with Gasteiger partial charge in [0.25, 0.3) is 0 Å². The molecule has 0 amide bonds. The van der Waals surface area contributed by atoms with E-state index in [0.29, 0.717) is 25.0 Å². The molecule has 8 nitrogen and oxygen atoms in total. The van der Waals surface area contributed by atoms with E-state index in [-0.39, 0.29) is 11.6 Å². The van der Waals surface area contributed by atoms with E-state index in [9.17, 15) is 29.4 Å². The average Bonchev–Trinajstić information content (AvgIpc) is 2.57. The van der Waals surface area contributed by atoms with E-state index in [4.69, 9.17) is 6.64 Å². The summed E-state index contributed by atoms with van der Waals surface area (Å²) < 4.78 is 10.5. The molecule has 9 heteroatoms. The Kier molecular flexibility index (Phi) is 26.1. The number of unbranched alkanes of at least 4 members (excludes halogenated alkanes) is 2. The zero-order chi connectivity index (χ0) is 23.2. The SMILES string of the molecule is CC(C)[O][Ti+2][O]C(C)C.CCCCC(=O)CC(=O)[O-].CCCCC(=O)CC(=O)[O-]. The fourth-order valence-electron chi connectivity index (χ4n) is 1.47. The van der Waals surface area contributed by atoms with Crippen LogP contribution < -0.4 is 10.2 Å². The summed E-state index contributed by atoms with van der Waals surface area (Å²) in [6.45, 7) is 12.0. The molecule has 168 valence electrons. The molecule has 0 bridgehead atoms. The molecule has 0 heterocycles. The Morgan fingerprint density at radius 2 is 1.03 bits per heavy atom. The minimum Gasteiger partial charge on any atom is -0.550 e. The quantitative estimate of drug-likeness (QED) is 0.286. The Bertz CT molecular complexity index is 410. The van der Waals surface area contributed by atoms with Gasteiger partial charge in [-0.2, -0.15) is 0 Å². The molecule has 0 saturated heterocycles. The van der Waals surface area contributed by atoms with Crippen molar-refractivity contribution in [2.75, 3.05) is 0 Å². The third-order valence-electron chi connectivity index (χ3n) is 2.87. The van der Waals surface area contributed by atoms with E-state index < -0.39 is 44.7 Å². The second kappa shape index (κ2) is 23.2.